The van der Waals surface area contributed by atoms with E-state index in [4.69, 9.17) is 35.2 Å². The molecule has 1 saturated heterocycles. The minimum Gasteiger partial charge on any atom is -0.454 e. The summed E-state index contributed by atoms with van der Waals surface area (Å²) in [5.74, 6) is 2.61. The molecule has 0 aliphatic carbocycles. The highest BCUT2D eigenvalue weighted by Gasteiger charge is 2.24. The van der Waals surface area contributed by atoms with Gasteiger partial charge in [0.15, 0.2) is 11.5 Å². The maximum atomic E-state index is 6.42. The van der Waals surface area contributed by atoms with Crippen molar-refractivity contribution in [1.29, 1.82) is 0 Å². The van der Waals surface area contributed by atoms with Crippen LogP contribution in [0, 0.1) is 6.92 Å². The van der Waals surface area contributed by atoms with Gasteiger partial charge < -0.3 is 18.6 Å². The van der Waals surface area contributed by atoms with Crippen molar-refractivity contribution in [2.75, 3.05) is 19.9 Å². The molecule has 8 heteroatoms. The second-order valence-electron chi connectivity index (χ2n) is 7.81. The molecule has 0 amide bonds. The van der Waals surface area contributed by atoms with E-state index < -0.39 is 0 Å². The third-order valence-corrected chi connectivity index (χ3v) is 6.00. The molecule has 1 fully saturated rings. The van der Waals surface area contributed by atoms with E-state index in [1.165, 1.54) is 0 Å². The van der Waals surface area contributed by atoms with Gasteiger partial charge in [-0.15, -0.1) is 0 Å². The highest BCUT2D eigenvalue weighted by molar-refractivity contribution is 6.33. The fraction of sp³-hybridized carbons (Fsp3) is 0.391. The molecule has 1 aromatic carbocycles. The first-order valence-electron chi connectivity index (χ1n) is 10.5. The number of ether oxygens (including phenoxy) is 3. The molecule has 0 N–H and O–H groups in total. The maximum absolute atomic E-state index is 6.42. The predicted molar refractivity (Wildman–Crippen MR) is 115 cm³/mol. The third kappa shape index (κ3) is 4.54. The Bertz CT molecular complexity index is 1050. The van der Waals surface area contributed by atoms with Crippen molar-refractivity contribution in [2.24, 2.45) is 0 Å². The summed E-state index contributed by atoms with van der Waals surface area (Å²) in [6.07, 6.45) is 4.04. The van der Waals surface area contributed by atoms with Gasteiger partial charge in [0.05, 0.1) is 34.7 Å². The Morgan fingerprint density at radius 1 is 1.16 bits per heavy atom. The number of nitrogens with zero attached hydrogens (tertiary/aromatic N) is 3. The van der Waals surface area contributed by atoms with Crippen LogP contribution in [0.4, 0.5) is 0 Å². The summed E-state index contributed by atoms with van der Waals surface area (Å²) < 4.78 is 22.8. The van der Waals surface area contributed by atoms with Gasteiger partial charge in [0, 0.05) is 31.9 Å². The van der Waals surface area contributed by atoms with Gasteiger partial charge in [-0.2, -0.15) is 0 Å². The minimum atomic E-state index is 0.201. The number of pyridine rings is 1. The van der Waals surface area contributed by atoms with Gasteiger partial charge in [-0.05, 0) is 38.0 Å². The van der Waals surface area contributed by atoms with Crippen LogP contribution >= 0.6 is 11.6 Å². The van der Waals surface area contributed by atoms with Crippen LogP contribution in [0.5, 0.6) is 11.5 Å². The van der Waals surface area contributed by atoms with Gasteiger partial charge in [-0.25, -0.2) is 4.98 Å². The summed E-state index contributed by atoms with van der Waals surface area (Å²) in [5.41, 5.74) is 2.61. The number of hydrogen-bond acceptors (Lipinski definition) is 7. The summed E-state index contributed by atoms with van der Waals surface area (Å²) in [5, 5.41) is 0.530. The van der Waals surface area contributed by atoms with Crippen LogP contribution in [0.2, 0.25) is 5.02 Å². The molecule has 4 heterocycles. The van der Waals surface area contributed by atoms with Crippen molar-refractivity contribution in [3.8, 4) is 23.0 Å². The van der Waals surface area contributed by atoms with Gasteiger partial charge in [0.2, 0.25) is 12.7 Å². The Morgan fingerprint density at radius 3 is 2.74 bits per heavy atom. The molecule has 0 unspecified atom stereocenters. The van der Waals surface area contributed by atoms with Crippen LogP contribution in [-0.4, -0.2) is 40.9 Å². The maximum Gasteiger partial charge on any atom is 0.231 e. The molecule has 0 radical (unpaired) electrons. The van der Waals surface area contributed by atoms with Crippen LogP contribution in [0.25, 0.3) is 11.5 Å². The molecule has 0 atom stereocenters. The van der Waals surface area contributed by atoms with Gasteiger partial charge in [0.1, 0.15) is 5.76 Å². The molecule has 2 aromatic heterocycles. The summed E-state index contributed by atoms with van der Waals surface area (Å²) in [4.78, 5) is 11.4. The fourth-order valence-corrected chi connectivity index (χ4v) is 4.14. The lowest BCUT2D eigenvalue weighted by atomic mass is 10.1. The van der Waals surface area contributed by atoms with E-state index >= 15 is 0 Å². The lowest BCUT2D eigenvalue weighted by molar-refractivity contribution is -0.00546. The first-order chi connectivity index (χ1) is 15.2. The lowest BCUT2D eigenvalue weighted by Gasteiger charge is -2.31. The number of likely N-dealkylation sites (tertiary alicyclic amines) is 1. The van der Waals surface area contributed by atoms with Crippen molar-refractivity contribution >= 4 is 11.6 Å². The van der Waals surface area contributed by atoms with Crippen molar-refractivity contribution in [3.63, 3.8) is 0 Å². The SMILES string of the molecule is Cc1oc(-c2cc3c(cc2Cl)OCO3)nc1CN1CCC(OCc2ccccn2)CC1. The van der Waals surface area contributed by atoms with E-state index in [1.807, 2.05) is 31.2 Å². The number of oxazole rings is 1. The lowest BCUT2D eigenvalue weighted by Crippen LogP contribution is -2.36. The summed E-state index contributed by atoms with van der Waals surface area (Å²) in [7, 11) is 0. The Balaban J connectivity index is 1.19. The smallest absolute Gasteiger partial charge is 0.231 e. The number of hydrogen-bond donors (Lipinski definition) is 0. The first-order valence-corrected chi connectivity index (χ1v) is 10.8. The van der Waals surface area contributed by atoms with Crippen molar-refractivity contribution in [3.05, 3.63) is 58.7 Å². The molecule has 0 bridgehead atoms. The molecule has 7 nitrogen and oxygen atoms in total. The number of rotatable bonds is 6. The van der Waals surface area contributed by atoms with Crippen molar-refractivity contribution < 1.29 is 18.6 Å². The quantitative estimate of drug-likeness (QED) is 0.553. The molecule has 0 spiro atoms. The molecule has 31 heavy (non-hydrogen) atoms. The van der Waals surface area contributed by atoms with E-state index in [0.29, 0.717) is 34.6 Å². The summed E-state index contributed by atoms with van der Waals surface area (Å²) in [6.45, 7) is 5.36. The van der Waals surface area contributed by atoms with E-state index in [0.717, 1.165) is 49.6 Å². The van der Waals surface area contributed by atoms with Gasteiger partial charge in [-0.3, -0.25) is 9.88 Å². The third-order valence-electron chi connectivity index (χ3n) is 5.69. The Kier molecular flexibility index (Phi) is 5.80. The monoisotopic (exact) mass is 441 g/mol. The highest BCUT2D eigenvalue weighted by atomic mass is 35.5. The molecule has 0 saturated carbocycles. The topological polar surface area (TPSA) is 69.9 Å². The number of aromatic nitrogens is 2. The van der Waals surface area contributed by atoms with Crippen LogP contribution in [0.3, 0.4) is 0 Å². The van der Waals surface area contributed by atoms with E-state index in [9.17, 15) is 0 Å². The van der Waals surface area contributed by atoms with Crippen LogP contribution in [-0.2, 0) is 17.9 Å². The molecule has 5 rings (SSSR count). The Labute approximate surface area is 185 Å². The number of halogens is 1. The van der Waals surface area contributed by atoms with Crippen molar-refractivity contribution in [2.45, 2.75) is 39.0 Å². The zero-order chi connectivity index (χ0) is 21.2. The number of piperidine rings is 1. The molecular weight excluding hydrogens is 418 g/mol. The van der Waals surface area contributed by atoms with E-state index in [2.05, 4.69) is 9.88 Å². The number of benzene rings is 1. The summed E-state index contributed by atoms with van der Waals surface area (Å²) in [6, 6.07) is 9.46. The first kappa shape index (κ1) is 20.3. The Hall–Kier alpha value is -2.61. The van der Waals surface area contributed by atoms with Gasteiger partial charge in [0.25, 0.3) is 0 Å². The fourth-order valence-electron chi connectivity index (χ4n) is 3.90. The molecular formula is C23H24ClN3O4. The van der Waals surface area contributed by atoms with Gasteiger partial charge >= 0.3 is 0 Å². The zero-order valence-electron chi connectivity index (χ0n) is 17.3. The van der Waals surface area contributed by atoms with E-state index in [1.54, 1.807) is 12.3 Å². The normalized spacial score (nSPS) is 16.7. The molecule has 2 aliphatic heterocycles. The predicted octanol–water partition coefficient (Wildman–Crippen LogP) is 4.61. The van der Waals surface area contributed by atoms with E-state index in [-0.39, 0.29) is 12.9 Å². The van der Waals surface area contributed by atoms with Gasteiger partial charge in [-0.1, -0.05) is 17.7 Å². The Morgan fingerprint density at radius 2 is 1.97 bits per heavy atom. The van der Waals surface area contributed by atoms with Crippen LogP contribution in [0.1, 0.15) is 30.0 Å². The summed E-state index contributed by atoms with van der Waals surface area (Å²) >= 11 is 6.42. The molecule has 3 aromatic rings. The zero-order valence-corrected chi connectivity index (χ0v) is 18.1. The largest absolute Gasteiger partial charge is 0.454 e. The van der Waals surface area contributed by atoms with Crippen molar-refractivity contribution in [1.82, 2.24) is 14.9 Å². The second kappa shape index (κ2) is 8.86. The second-order valence-corrected chi connectivity index (χ2v) is 8.22. The number of fused-ring (bicyclic) bond motifs is 1. The molecule has 2 aliphatic rings. The highest BCUT2D eigenvalue weighted by Crippen LogP contribution is 2.41. The number of aryl methyl sites for hydroxylation is 1. The molecule has 162 valence electrons. The van der Waals surface area contributed by atoms with Crippen LogP contribution in [0.15, 0.2) is 40.9 Å². The van der Waals surface area contributed by atoms with Crippen LogP contribution < -0.4 is 9.47 Å². The standard InChI is InChI=1S/C23H24ClN3O4/c1-15-20(26-23(31-15)18-10-21-22(11-19(18)24)30-14-29-21)12-27-8-5-17(6-9-27)28-13-16-4-2-3-7-25-16/h2-4,7,10-11,17H,5-6,8-9,12-14H2,1H3. The average molecular weight is 442 g/mol. The minimum absolute atomic E-state index is 0.201. The average Bonchev–Trinajstić information content (AvgIpc) is 3.39.